The molecular formula is C15H14FN3O2S2. The molecule has 23 heavy (non-hydrogen) atoms. The van der Waals surface area contributed by atoms with Crippen LogP contribution >= 0.6 is 23.1 Å². The summed E-state index contributed by atoms with van der Waals surface area (Å²) in [6.45, 7) is 2.43. The van der Waals surface area contributed by atoms with Gasteiger partial charge in [0, 0.05) is 18.4 Å². The quantitative estimate of drug-likeness (QED) is 0.724. The first-order chi connectivity index (χ1) is 11.1. The largest absolute Gasteiger partial charge is 0.351 e. The van der Waals surface area contributed by atoms with Gasteiger partial charge in [-0.2, -0.15) is 16.8 Å². The van der Waals surface area contributed by atoms with E-state index in [4.69, 9.17) is 4.52 Å². The smallest absolute Gasteiger partial charge is 0.318 e. The molecule has 0 spiro atoms. The summed E-state index contributed by atoms with van der Waals surface area (Å²) in [5.74, 6) is 0.170. The Labute approximate surface area is 139 Å². The van der Waals surface area contributed by atoms with Crippen LogP contribution in [-0.4, -0.2) is 27.6 Å². The third-order valence-corrected chi connectivity index (χ3v) is 4.83. The molecule has 0 aliphatic carbocycles. The monoisotopic (exact) mass is 351 g/mol. The van der Waals surface area contributed by atoms with E-state index < -0.39 is 5.91 Å². The van der Waals surface area contributed by atoms with Crippen molar-refractivity contribution in [1.29, 1.82) is 0 Å². The fraction of sp³-hybridized carbons (Fsp3) is 0.267. The van der Waals surface area contributed by atoms with Crippen LogP contribution in [0.2, 0.25) is 0 Å². The summed E-state index contributed by atoms with van der Waals surface area (Å²) in [5.41, 5.74) is 1.49. The van der Waals surface area contributed by atoms with Crippen molar-refractivity contribution in [2.75, 3.05) is 12.0 Å². The number of thiazole rings is 1. The number of aromatic nitrogens is 2. The second kappa shape index (κ2) is 6.67. The molecule has 120 valence electrons. The minimum atomic E-state index is -0.490. The molecule has 0 atom stereocenters. The molecule has 8 heteroatoms. The third kappa shape index (κ3) is 3.37. The van der Waals surface area contributed by atoms with E-state index in [0.717, 1.165) is 16.0 Å². The number of carbonyl (C=O) groups excluding carboxylic acids is 1. The lowest BCUT2D eigenvalue weighted by Gasteiger charge is -2.03. The Kier molecular flexibility index (Phi) is 4.63. The fourth-order valence-electron chi connectivity index (χ4n) is 2.14. The molecule has 0 aliphatic rings. The molecular weight excluding hydrogens is 337 g/mol. The van der Waals surface area contributed by atoms with Crippen LogP contribution in [0, 0.1) is 12.7 Å². The Balaban J connectivity index is 2.11. The first-order valence-corrected chi connectivity index (χ1v) is 9.09. The van der Waals surface area contributed by atoms with Crippen molar-refractivity contribution in [1.82, 2.24) is 9.72 Å². The van der Waals surface area contributed by atoms with Gasteiger partial charge in [-0.05, 0) is 31.4 Å². The van der Waals surface area contributed by atoms with Crippen LogP contribution in [0.15, 0.2) is 33.8 Å². The van der Waals surface area contributed by atoms with Crippen LogP contribution in [-0.2, 0) is 6.54 Å². The van der Waals surface area contributed by atoms with Crippen molar-refractivity contribution in [2.24, 2.45) is 4.99 Å². The van der Waals surface area contributed by atoms with E-state index in [2.05, 4.69) is 10.1 Å². The third-order valence-electron chi connectivity index (χ3n) is 3.20. The van der Waals surface area contributed by atoms with E-state index in [-0.39, 0.29) is 11.6 Å². The highest BCUT2D eigenvalue weighted by atomic mass is 32.2. The topological polar surface area (TPSA) is 60.4 Å². The molecule has 0 radical (unpaired) electrons. The van der Waals surface area contributed by atoms with Gasteiger partial charge in [0.25, 0.3) is 0 Å². The summed E-state index contributed by atoms with van der Waals surface area (Å²) < 4.78 is 21.1. The van der Waals surface area contributed by atoms with E-state index in [1.165, 1.54) is 23.5 Å². The van der Waals surface area contributed by atoms with Gasteiger partial charge >= 0.3 is 5.91 Å². The van der Waals surface area contributed by atoms with Crippen LogP contribution in [0.3, 0.4) is 0 Å². The van der Waals surface area contributed by atoms with Gasteiger partial charge in [0.05, 0.1) is 15.9 Å². The van der Waals surface area contributed by atoms with E-state index in [9.17, 15) is 9.18 Å². The lowest BCUT2D eigenvalue weighted by Crippen LogP contribution is -2.18. The Bertz CT molecular complexity index is 926. The molecule has 0 unspecified atom stereocenters. The molecule has 2 aromatic heterocycles. The lowest BCUT2D eigenvalue weighted by molar-refractivity contribution is 0.0962. The number of carbonyl (C=O) groups is 1. The highest BCUT2D eigenvalue weighted by Crippen LogP contribution is 2.19. The number of hydrogen-bond donors (Lipinski definition) is 0. The van der Waals surface area contributed by atoms with Gasteiger partial charge in [-0.25, -0.2) is 4.39 Å². The Morgan fingerprint density at radius 1 is 1.48 bits per heavy atom. The van der Waals surface area contributed by atoms with Gasteiger partial charge in [-0.3, -0.25) is 4.79 Å². The molecule has 1 aromatic carbocycles. The van der Waals surface area contributed by atoms with Crippen LogP contribution in [0.5, 0.6) is 0 Å². The van der Waals surface area contributed by atoms with Gasteiger partial charge in [-0.1, -0.05) is 16.5 Å². The first kappa shape index (κ1) is 15.9. The number of aryl methyl sites for hydroxylation is 2. The molecule has 0 fully saturated rings. The van der Waals surface area contributed by atoms with Crippen molar-refractivity contribution < 1.29 is 13.7 Å². The number of amides is 1. The van der Waals surface area contributed by atoms with Crippen molar-refractivity contribution in [3.05, 3.63) is 46.3 Å². The predicted octanol–water partition coefficient (Wildman–Crippen LogP) is 3.24. The number of halogens is 1. The predicted molar refractivity (Wildman–Crippen MR) is 89.3 cm³/mol. The minimum absolute atomic E-state index is 0.0996. The van der Waals surface area contributed by atoms with E-state index in [1.54, 1.807) is 30.8 Å². The molecule has 3 rings (SSSR count). The zero-order chi connectivity index (χ0) is 16.4. The number of rotatable bonds is 4. The van der Waals surface area contributed by atoms with Crippen molar-refractivity contribution in [3.8, 4) is 0 Å². The van der Waals surface area contributed by atoms with Crippen molar-refractivity contribution in [2.45, 2.75) is 13.5 Å². The van der Waals surface area contributed by atoms with Crippen LogP contribution in [0.4, 0.5) is 4.39 Å². The molecule has 2 heterocycles. The van der Waals surface area contributed by atoms with Crippen molar-refractivity contribution in [3.63, 3.8) is 0 Å². The van der Waals surface area contributed by atoms with Crippen LogP contribution < -0.4 is 4.80 Å². The second-order valence-corrected chi connectivity index (χ2v) is 6.89. The average molecular weight is 351 g/mol. The van der Waals surface area contributed by atoms with Crippen LogP contribution in [0.25, 0.3) is 10.2 Å². The van der Waals surface area contributed by atoms with Gasteiger partial charge in [0.15, 0.2) is 4.80 Å². The van der Waals surface area contributed by atoms with Gasteiger partial charge in [-0.15, -0.1) is 0 Å². The highest BCUT2D eigenvalue weighted by molar-refractivity contribution is 7.98. The van der Waals surface area contributed by atoms with Crippen molar-refractivity contribution >= 4 is 39.2 Å². The molecule has 5 nitrogen and oxygen atoms in total. The summed E-state index contributed by atoms with van der Waals surface area (Å²) in [5, 5.41) is 3.69. The molecule has 0 bridgehead atoms. The zero-order valence-corrected chi connectivity index (χ0v) is 14.2. The zero-order valence-electron chi connectivity index (χ0n) is 12.6. The van der Waals surface area contributed by atoms with E-state index in [0.29, 0.717) is 17.0 Å². The van der Waals surface area contributed by atoms with E-state index in [1.807, 2.05) is 10.8 Å². The normalized spacial score (nSPS) is 12.2. The maximum atomic E-state index is 13.4. The Hall–Kier alpha value is -1.93. The number of hydrogen-bond acceptors (Lipinski definition) is 5. The SMILES string of the molecule is CSCCn1c(=NC(=O)c2cc(C)no2)sc2cc(F)ccc21. The maximum absolute atomic E-state index is 13.4. The molecule has 3 aromatic rings. The number of thioether (sulfide) groups is 1. The lowest BCUT2D eigenvalue weighted by atomic mass is 10.3. The molecule has 0 saturated heterocycles. The number of nitrogens with zero attached hydrogens (tertiary/aromatic N) is 3. The van der Waals surface area contributed by atoms with Gasteiger partial charge < -0.3 is 9.09 Å². The molecule has 0 aliphatic heterocycles. The second-order valence-electron chi connectivity index (χ2n) is 4.89. The standard InChI is InChI=1S/C15H14FN3O2S2/c1-9-7-12(21-18-9)14(20)17-15-19(5-6-22-2)11-4-3-10(16)8-13(11)23-15/h3-4,7-8H,5-6H2,1-2H3. The fourth-order valence-corrected chi connectivity index (χ4v) is 3.58. The summed E-state index contributed by atoms with van der Waals surface area (Å²) >= 11 is 2.98. The maximum Gasteiger partial charge on any atom is 0.318 e. The minimum Gasteiger partial charge on any atom is -0.351 e. The molecule has 1 amide bonds. The Morgan fingerprint density at radius 2 is 2.30 bits per heavy atom. The molecule has 0 N–H and O–H groups in total. The number of benzene rings is 1. The Morgan fingerprint density at radius 3 is 3.00 bits per heavy atom. The summed E-state index contributed by atoms with van der Waals surface area (Å²) in [6.07, 6.45) is 2.01. The van der Waals surface area contributed by atoms with Gasteiger partial charge in [0.1, 0.15) is 5.82 Å². The highest BCUT2D eigenvalue weighted by Gasteiger charge is 2.13. The summed E-state index contributed by atoms with van der Waals surface area (Å²) in [6, 6.07) is 6.13. The summed E-state index contributed by atoms with van der Waals surface area (Å²) in [7, 11) is 0. The van der Waals surface area contributed by atoms with Crippen LogP contribution in [0.1, 0.15) is 16.2 Å². The summed E-state index contributed by atoms with van der Waals surface area (Å²) in [4.78, 5) is 16.9. The average Bonchev–Trinajstić information content (AvgIpc) is 3.08. The molecule has 0 saturated carbocycles. The first-order valence-electron chi connectivity index (χ1n) is 6.88. The number of fused-ring (bicyclic) bond motifs is 1. The van der Waals surface area contributed by atoms with E-state index >= 15 is 0 Å². The van der Waals surface area contributed by atoms with Gasteiger partial charge in [0.2, 0.25) is 5.76 Å².